The maximum absolute atomic E-state index is 5.51. The van der Waals surface area contributed by atoms with Gasteiger partial charge in [-0.25, -0.2) is 9.97 Å². The molecule has 0 radical (unpaired) electrons. The summed E-state index contributed by atoms with van der Waals surface area (Å²) >= 11 is 3.39. The summed E-state index contributed by atoms with van der Waals surface area (Å²) in [6.45, 7) is 2.95. The summed E-state index contributed by atoms with van der Waals surface area (Å²) in [7, 11) is 3.33. The molecule has 4 rings (SSSR count). The quantitative estimate of drug-likeness (QED) is 0.617. The van der Waals surface area contributed by atoms with E-state index in [9.17, 15) is 0 Å². The van der Waals surface area contributed by atoms with Gasteiger partial charge in [0.25, 0.3) is 0 Å². The fourth-order valence-electron chi connectivity index (χ4n) is 3.41. The van der Waals surface area contributed by atoms with Crippen LogP contribution in [0.5, 0.6) is 11.5 Å². The van der Waals surface area contributed by atoms with E-state index in [-0.39, 0.29) is 0 Å². The molecule has 0 saturated carbocycles. The molecule has 25 heavy (non-hydrogen) atoms. The van der Waals surface area contributed by atoms with Crippen molar-refractivity contribution < 1.29 is 9.47 Å². The molecular weight excluding hydrogens is 382 g/mol. The number of aromatic nitrogens is 3. The molecule has 0 amide bonds. The lowest BCUT2D eigenvalue weighted by atomic mass is 9.95. The van der Waals surface area contributed by atoms with Crippen molar-refractivity contribution in [3.05, 3.63) is 46.5 Å². The van der Waals surface area contributed by atoms with E-state index < -0.39 is 0 Å². The fourth-order valence-corrected chi connectivity index (χ4v) is 3.64. The Morgan fingerprint density at radius 2 is 1.88 bits per heavy atom. The van der Waals surface area contributed by atoms with Gasteiger partial charge in [-0.2, -0.15) is 0 Å². The number of imidazole rings is 1. The van der Waals surface area contributed by atoms with E-state index in [0.29, 0.717) is 0 Å². The molecular formula is C19H18BrN3O2. The number of halogens is 1. The third-order valence-electron chi connectivity index (χ3n) is 4.63. The third-order valence-corrected chi connectivity index (χ3v) is 5.10. The first-order valence-corrected chi connectivity index (χ1v) is 8.86. The molecule has 128 valence electrons. The van der Waals surface area contributed by atoms with Crippen LogP contribution in [0.2, 0.25) is 0 Å². The fraction of sp³-hybridized carbons (Fsp3) is 0.263. The van der Waals surface area contributed by atoms with Gasteiger partial charge in [0.1, 0.15) is 10.4 Å². The second-order valence-electron chi connectivity index (χ2n) is 5.99. The van der Waals surface area contributed by atoms with Gasteiger partial charge in [0.05, 0.1) is 25.6 Å². The van der Waals surface area contributed by atoms with Crippen LogP contribution in [-0.4, -0.2) is 28.8 Å². The summed E-state index contributed by atoms with van der Waals surface area (Å²) in [5.74, 6) is 2.50. The molecule has 1 aromatic carbocycles. The summed E-state index contributed by atoms with van der Waals surface area (Å²) in [5, 5.41) is 0. The Morgan fingerprint density at radius 1 is 1.12 bits per heavy atom. The first-order valence-electron chi connectivity index (χ1n) is 8.06. The van der Waals surface area contributed by atoms with Crippen molar-refractivity contribution in [3.63, 3.8) is 0 Å². The van der Waals surface area contributed by atoms with Gasteiger partial charge in [-0.15, -0.1) is 0 Å². The topological polar surface area (TPSA) is 49.2 Å². The lowest BCUT2D eigenvalue weighted by Crippen LogP contribution is -2.12. The average Bonchev–Trinajstić information content (AvgIpc) is 2.98. The van der Waals surface area contributed by atoms with Crippen LogP contribution >= 0.6 is 15.9 Å². The maximum Gasteiger partial charge on any atom is 0.161 e. The van der Waals surface area contributed by atoms with E-state index in [2.05, 4.69) is 37.6 Å². The number of methoxy groups -OCH3 is 2. The van der Waals surface area contributed by atoms with Gasteiger partial charge in [-0.1, -0.05) is 0 Å². The normalized spacial score (nSPS) is 12.5. The Bertz CT molecular complexity index is 948. The van der Waals surface area contributed by atoms with Crippen LogP contribution in [0.1, 0.15) is 11.4 Å². The molecule has 1 aliphatic rings. The highest BCUT2D eigenvalue weighted by Crippen LogP contribution is 2.42. The van der Waals surface area contributed by atoms with Crippen molar-refractivity contribution >= 4 is 15.9 Å². The molecule has 0 bridgehead atoms. The van der Waals surface area contributed by atoms with Crippen molar-refractivity contribution in [1.82, 2.24) is 14.5 Å². The van der Waals surface area contributed by atoms with Gasteiger partial charge in [0.2, 0.25) is 0 Å². The molecule has 3 heterocycles. The summed E-state index contributed by atoms with van der Waals surface area (Å²) < 4.78 is 14.1. The number of hydrogen-bond donors (Lipinski definition) is 0. The van der Waals surface area contributed by atoms with E-state index in [0.717, 1.165) is 57.4 Å². The zero-order valence-electron chi connectivity index (χ0n) is 14.3. The number of benzene rings is 1. The van der Waals surface area contributed by atoms with Crippen molar-refractivity contribution in [2.45, 2.75) is 19.9 Å². The number of fused-ring (bicyclic) bond motifs is 3. The molecule has 3 aromatic rings. The maximum atomic E-state index is 5.51. The minimum atomic E-state index is 0.730. The highest BCUT2D eigenvalue weighted by molar-refractivity contribution is 9.10. The number of ether oxygens (including phenoxy) is 2. The van der Waals surface area contributed by atoms with Crippen LogP contribution in [0, 0.1) is 6.92 Å². The Kier molecular flexibility index (Phi) is 4.00. The summed E-state index contributed by atoms with van der Waals surface area (Å²) in [6, 6.07) is 8.10. The van der Waals surface area contributed by atoms with E-state index in [4.69, 9.17) is 14.5 Å². The molecule has 0 aliphatic carbocycles. The second-order valence-corrected chi connectivity index (χ2v) is 6.80. The number of aryl methyl sites for hydroxylation is 2. The van der Waals surface area contributed by atoms with Crippen molar-refractivity contribution in [2.75, 3.05) is 14.2 Å². The van der Waals surface area contributed by atoms with Gasteiger partial charge < -0.3 is 14.0 Å². The van der Waals surface area contributed by atoms with E-state index in [1.54, 1.807) is 14.2 Å². The lowest BCUT2D eigenvalue weighted by molar-refractivity contribution is 0.354. The largest absolute Gasteiger partial charge is 0.493 e. The Balaban J connectivity index is 1.96. The number of pyridine rings is 1. The highest BCUT2D eigenvalue weighted by Gasteiger charge is 2.26. The van der Waals surface area contributed by atoms with Gasteiger partial charge in [0, 0.05) is 23.9 Å². The van der Waals surface area contributed by atoms with Crippen molar-refractivity contribution in [2.24, 2.45) is 0 Å². The van der Waals surface area contributed by atoms with Crippen LogP contribution in [0.25, 0.3) is 22.5 Å². The standard InChI is InChI=1S/C19H18BrN3O2/c1-11-22-18(13-4-5-17(20)21-10-13)19-14-9-16(25-3)15(24-2)8-12(14)6-7-23(11)19/h4-5,8-10H,6-7H2,1-3H3. The summed E-state index contributed by atoms with van der Waals surface area (Å²) in [6.07, 6.45) is 2.79. The average molecular weight is 400 g/mol. The van der Waals surface area contributed by atoms with Crippen LogP contribution in [0.15, 0.2) is 35.1 Å². The number of hydrogen-bond acceptors (Lipinski definition) is 4. The SMILES string of the molecule is COc1cc2c(cc1OC)-c1c(-c3ccc(Br)nc3)nc(C)n1CC2. The lowest BCUT2D eigenvalue weighted by Gasteiger charge is -2.22. The van der Waals surface area contributed by atoms with E-state index in [1.807, 2.05) is 25.3 Å². The summed E-state index contributed by atoms with van der Waals surface area (Å²) in [5.41, 5.74) is 5.45. The van der Waals surface area contributed by atoms with Crippen LogP contribution < -0.4 is 9.47 Å². The number of rotatable bonds is 3. The van der Waals surface area contributed by atoms with E-state index >= 15 is 0 Å². The van der Waals surface area contributed by atoms with Crippen LogP contribution in [0.4, 0.5) is 0 Å². The molecule has 0 unspecified atom stereocenters. The predicted molar refractivity (Wildman–Crippen MR) is 100 cm³/mol. The molecule has 0 saturated heterocycles. The van der Waals surface area contributed by atoms with Crippen LogP contribution in [0.3, 0.4) is 0 Å². The smallest absolute Gasteiger partial charge is 0.161 e. The predicted octanol–water partition coefficient (Wildman–Crippen LogP) is 4.26. The molecule has 0 spiro atoms. The van der Waals surface area contributed by atoms with Crippen LogP contribution in [-0.2, 0) is 13.0 Å². The minimum Gasteiger partial charge on any atom is -0.493 e. The van der Waals surface area contributed by atoms with Crippen molar-refractivity contribution in [1.29, 1.82) is 0 Å². The molecule has 5 nitrogen and oxygen atoms in total. The zero-order valence-corrected chi connectivity index (χ0v) is 15.9. The monoisotopic (exact) mass is 399 g/mol. The Hall–Kier alpha value is -2.34. The first kappa shape index (κ1) is 16.1. The molecule has 1 aliphatic heterocycles. The van der Waals surface area contributed by atoms with Crippen molar-refractivity contribution in [3.8, 4) is 34.0 Å². The van der Waals surface area contributed by atoms with Gasteiger partial charge in [-0.05, 0) is 59.1 Å². The van der Waals surface area contributed by atoms with Gasteiger partial charge >= 0.3 is 0 Å². The second kappa shape index (κ2) is 6.19. The molecule has 0 atom stereocenters. The highest BCUT2D eigenvalue weighted by atomic mass is 79.9. The number of nitrogens with zero attached hydrogens (tertiary/aromatic N) is 3. The Labute approximate surface area is 154 Å². The van der Waals surface area contributed by atoms with Gasteiger partial charge in [-0.3, -0.25) is 0 Å². The van der Waals surface area contributed by atoms with E-state index in [1.165, 1.54) is 5.56 Å². The molecule has 0 fully saturated rings. The minimum absolute atomic E-state index is 0.730. The zero-order chi connectivity index (χ0) is 17.6. The van der Waals surface area contributed by atoms with Gasteiger partial charge in [0.15, 0.2) is 11.5 Å². The third kappa shape index (κ3) is 2.61. The Morgan fingerprint density at radius 3 is 2.56 bits per heavy atom. The molecule has 2 aromatic heterocycles. The summed E-state index contributed by atoms with van der Waals surface area (Å²) in [4.78, 5) is 9.18. The first-order chi connectivity index (χ1) is 12.1. The molecule has 0 N–H and O–H groups in total. The molecule has 6 heteroatoms.